The van der Waals surface area contributed by atoms with Crippen LogP contribution in [0.2, 0.25) is 0 Å². The van der Waals surface area contributed by atoms with Gasteiger partial charge in [0.25, 0.3) is 11.1 Å². The van der Waals surface area contributed by atoms with E-state index in [-0.39, 0.29) is 42.7 Å². The molecule has 8 heterocycles. The number of fused-ring (bicyclic) bond motifs is 4. The van der Waals surface area contributed by atoms with Crippen LogP contribution < -0.4 is 20.6 Å². The van der Waals surface area contributed by atoms with Crippen LogP contribution >= 0.6 is 17.4 Å². The van der Waals surface area contributed by atoms with Crippen molar-refractivity contribution in [1.82, 2.24) is 47.4 Å². The first-order chi connectivity index (χ1) is 35.4. The number of benzene rings is 3. The summed E-state index contributed by atoms with van der Waals surface area (Å²) in [6.45, 7) is 1.24. The van der Waals surface area contributed by atoms with Crippen LogP contribution in [0.1, 0.15) is 57.3 Å². The SMILES string of the molecule is C.C.CC[C@H]1O[C@@H](n2cnc3c(=O)n4ccn(C(c5ccccc5)(c5ccc(OC)cc5)c5ccc(OC)cc5)c4nc32)[C@H](O)[C@@H]1F.O=PO.O=PO.O=c1c2ncn([C@@H]3O[C@H](CO)[C@@H](F)[C@H]3O)c2[nH]c2nccn12. The van der Waals surface area contributed by atoms with Crippen molar-refractivity contribution in [3.05, 3.63) is 154 Å². The molecule has 0 amide bonds. The van der Waals surface area contributed by atoms with Crippen LogP contribution in [-0.4, -0.2) is 130 Å². The summed E-state index contributed by atoms with van der Waals surface area (Å²) in [6, 6.07) is 25.5. The highest BCUT2D eigenvalue weighted by atomic mass is 31.1. The Bertz CT molecular complexity index is 3410. The van der Waals surface area contributed by atoms with Crippen LogP contribution in [0.4, 0.5) is 8.78 Å². The molecule has 2 saturated heterocycles. The molecule has 0 unspecified atom stereocenters. The van der Waals surface area contributed by atoms with Gasteiger partial charge < -0.3 is 49.0 Å². The van der Waals surface area contributed by atoms with Gasteiger partial charge in [-0.1, -0.05) is 76.4 Å². The maximum absolute atomic E-state index is 14.9. The first kappa shape index (κ1) is 57.1. The monoisotopic (exact) mass is 1080 g/mol. The number of hydrogen-bond acceptors (Lipinski definition) is 15. The summed E-state index contributed by atoms with van der Waals surface area (Å²) < 4.78 is 75.3. The van der Waals surface area contributed by atoms with E-state index in [0.717, 1.165) is 16.7 Å². The molecule has 75 heavy (non-hydrogen) atoms. The van der Waals surface area contributed by atoms with Gasteiger partial charge in [0.2, 0.25) is 11.6 Å². The van der Waals surface area contributed by atoms with Gasteiger partial charge in [-0.25, -0.2) is 41.7 Å². The van der Waals surface area contributed by atoms with Gasteiger partial charge in [-0.2, -0.15) is 4.98 Å². The van der Waals surface area contributed by atoms with Crippen molar-refractivity contribution in [2.45, 2.75) is 83.0 Å². The predicted octanol–water partition coefficient (Wildman–Crippen LogP) is 5.31. The van der Waals surface area contributed by atoms with Crippen LogP contribution in [0, 0.1) is 0 Å². The Kier molecular flexibility index (Phi) is 18.6. The number of nitrogens with one attached hydrogen (secondary N) is 1. The van der Waals surface area contributed by atoms with Gasteiger partial charge in [0.1, 0.15) is 41.0 Å². The van der Waals surface area contributed by atoms with Gasteiger partial charge in [0, 0.05) is 24.8 Å². The number of H-pyrrole nitrogens is 1. The number of alkyl halides is 2. The molecule has 2 fully saturated rings. The second-order valence-corrected chi connectivity index (χ2v) is 16.6. The second-order valence-electron chi connectivity index (χ2n) is 16.3. The van der Waals surface area contributed by atoms with E-state index in [4.69, 9.17) is 48.0 Å². The molecule has 0 saturated carbocycles. The Morgan fingerprint density at radius 1 is 0.707 bits per heavy atom. The highest BCUT2D eigenvalue weighted by Crippen LogP contribution is 2.43. The highest BCUT2D eigenvalue weighted by Gasteiger charge is 2.47. The topological polar surface area (TPSA) is 297 Å². The zero-order valence-corrected chi connectivity index (χ0v) is 40.5. The third-order valence-electron chi connectivity index (χ3n) is 12.6. The number of nitrogens with zero attached hydrogens (tertiary/aromatic N) is 9. The third-order valence-corrected chi connectivity index (χ3v) is 12.6. The molecule has 23 nitrogen and oxygen atoms in total. The second kappa shape index (κ2) is 24.4. The van der Waals surface area contributed by atoms with E-state index in [1.54, 1.807) is 27.3 Å². The first-order valence-electron chi connectivity index (χ1n) is 22.1. The van der Waals surface area contributed by atoms with Crippen LogP contribution in [0.15, 0.2) is 126 Å². The minimum absolute atomic E-state index is 0. The van der Waals surface area contributed by atoms with Gasteiger partial charge in [0.05, 0.1) is 39.6 Å². The molecule has 9 aromatic rings. The molecule has 6 aromatic heterocycles. The molecule has 398 valence electrons. The lowest BCUT2D eigenvalue weighted by Crippen LogP contribution is -2.38. The van der Waals surface area contributed by atoms with E-state index in [1.807, 2.05) is 89.6 Å². The lowest BCUT2D eigenvalue weighted by atomic mass is 9.76. The summed E-state index contributed by atoms with van der Waals surface area (Å²) in [4.78, 5) is 60.3. The minimum Gasteiger partial charge on any atom is -0.497 e. The summed E-state index contributed by atoms with van der Waals surface area (Å²) >= 11 is 0. The minimum atomic E-state index is -1.73. The number of imidazole rings is 4. The Labute approximate surface area is 428 Å². The summed E-state index contributed by atoms with van der Waals surface area (Å²) in [7, 11) is 1.57. The van der Waals surface area contributed by atoms with E-state index in [0.29, 0.717) is 29.5 Å². The first-order valence-corrected chi connectivity index (χ1v) is 23.6. The molecular weight excluding hydrogens is 1020 g/mol. The van der Waals surface area contributed by atoms with Crippen LogP contribution in [-0.2, 0) is 24.1 Å². The lowest BCUT2D eigenvalue weighted by molar-refractivity contribution is -0.0495. The van der Waals surface area contributed by atoms with E-state index < -0.39 is 84.3 Å². The number of methoxy groups -OCH3 is 2. The van der Waals surface area contributed by atoms with Crippen LogP contribution in [0.3, 0.4) is 0 Å². The molecule has 3 aromatic carbocycles. The Morgan fingerprint density at radius 2 is 1.21 bits per heavy atom. The van der Waals surface area contributed by atoms with E-state index in [2.05, 4.69) is 19.9 Å². The normalized spacial score (nSPS) is 21.1. The molecular formula is C48H54F2N10O13P2. The summed E-state index contributed by atoms with van der Waals surface area (Å²) in [5.74, 6) is 1.99. The van der Waals surface area contributed by atoms with Gasteiger partial charge in [-0.15, -0.1) is 0 Å². The van der Waals surface area contributed by atoms with E-state index >= 15 is 0 Å². The number of aromatic nitrogens is 10. The number of aliphatic hydroxyl groups excluding tert-OH is 3. The number of rotatable bonds is 10. The van der Waals surface area contributed by atoms with E-state index in [1.165, 1.54) is 43.0 Å². The maximum Gasteiger partial charge on any atom is 0.324 e. The highest BCUT2D eigenvalue weighted by molar-refractivity contribution is 7.16. The molecule has 8 atom stereocenters. The van der Waals surface area contributed by atoms with E-state index in [9.17, 15) is 28.6 Å². The Balaban J connectivity index is 0.000000255. The van der Waals surface area contributed by atoms with Crippen LogP contribution in [0.5, 0.6) is 11.5 Å². The average Bonchev–Trinajstić information content (AvgIpc) is 4.30. The van der Waals surface area contributed by atoms with Crippen molar-refractivity contribution in [3.63, 3.8) is 0 Å². The molecule has 2 aliphatic rings. The fraction of sp³-hybridized carbons (Fsp3) is 0.333. The van der Waals surface area contributed by atoms with Gasteiger partial charge in [-0.3, -0.25) is 23.3 Å². The molecule has 0 bridgehead atoms. The summed E-state index contributed by atoms with van der Waals surface area (Å²) in [5.41, 5.74) is 1.47. The number of ether oxygens (including phenoxy) is 4. The molecule has 27 heteroatoms. The molecule has 0 radical (unpaired) electrons. The number of aliphatic hydroxyl groups is 3. The quantitative estimate of drug-likeness (QED) is 0.0747. The average molecular weight is 1080 g/mol. The van der Waals surface area contributed by atoms with Crippen molar-refractivity contribution in [3.8, 4) is 11.5 Å². The number of aromatic amines is 1. The summed E-state index contributed by atoms with van der Waals surface area (Å²) in [5, 5.41) is 29.8. The van der Waals surface area contributed by atoms with Crippen molar-refractivity contribution < 1.29 is 62.0 Å². The number of hydrogen-bond donors (Lipinski definition) is 6. The molecule has 0 spiro atoms. The fourth-order valence-corrected chi connectivity index (χ4v) is 9.15. The van der Waals surface area contributed by atoms with Gasteiger partial charge >= 0.3 is 17.4 Å². The zero-order valence-electron chi connectivity index (χ0n) is 38.7. The zero-order chi connectivity index (χ0) is 52.1. The third kappa shape index (κ3) is 10.2. The standard InChI is InChI=1S/C34H32FN5O5.C12H12FN5O4.2CH4.2HO2P/c1-4-26-27(35)29(41)32(45-26)39-20-36-28-30(39)37-33-38(31(28)42)18-19-40(33)34(21-8-6-5-7-9-21,22-10-14-24(43-2)15-11-22)23-12-16-25(44-3)17-13-23;13-6-5(3-19)22-11(8(6)20)18-4-15-7-9(18)16-12-14-1-2-17(12)10(7)21;;;2*1-3-2/h5-20,26-27,29,32,41H,4H2,1-3H3;1-2,4-6,8,11,19-20H,3H2,(H,14,16);2*1H4;2*(H,1,2)/t26-,27-,29-,32-;5-,6-,8-,11-;;;;/m11..../s1. The smallest absolute Gasteiger partial charge is 0.324 e. The Hall–Kier alpha value is -7.18. The predicted molar refractivity (Wildman–Crippen MR) is 270 cm³/mol. The molecule has 2 aliphatic heterocycles. The van der Waals surface area contributed by atoms with Gasteiger partial charge in [0.15, 0.2) is 41.5 Å². The lowest BCUT2D eigenvalue weighted by Gasteiger charge is -2.37. The number of halogens is 2. The largest absolute Gasteiger partial charge is 0.497 e. The Morgan fingerprint density at radius 3 is 1.75 bits per heavy atom. The maximum atomic E-state index is 14.9. The van der Waals surface area contributed by atoms with Crippen molar-refractivity contribution in [2.24, 2.45) is 0 Å². The summed E-state index contributed by atoms with van der Waals surface area (Å²) in [6.07, 6.45) is -0.851. The fourth-order valence-electron chi connectivity index (χ4n) is 9.15. The molecule has 6 N–H and O–H groups in total. The van der Waals surface area contributed by atoms with Crippen molar-refractivity contribution >= 4 is 51.3 Å². The van der Waals surface area contributed by atoms with Gasteiger partial charge in [-0.05, 0) is 47.4 Å². The van der Waals surface area contributed by atoms with Crippen LogP contribution in [0.25, 0.3) is 33.9 Å². The molecule has 11 rings (SSSR count). The molecule has 0 aliphatic carbocycles. The van der Waals surface area contributed by atoms with Crippen molar-refractivity contribution in [2.75, 3.05) is 20.8 Å². The van der Waals surface area contributed by atoms with Crippen molar-refractivity contribution in [1.29, 1.82) is 0 Å².